The number of likely N-dealkylation sites (N-methyl/N-ethyl adjacent to an activating group) is 1. The fourth-order valence-corrected chi connectivity index (χ4v) is 3.82. The van der Waals surface area contributed by atoms with E-state index >= 15 is 4.39 Å². The van der Waals surface area contributed by atoms with Gasteiger partial charge in [-0.15, -0.1) is 0 Å². The smallest absolute Gasteiger partial charge is 0.229 e. The minimum absolute atomic E-state index is 0.0691. The molecule has 0 radical (unpaired) electrons. The number of rotatable bonds is 4. The Kier molecular flexibility index (Phi) is 5.36. The monoisotopic (exact) mass is 401 g/mol. The molecule has 2 aliphatic heterocycles. The van der Waals surface area contributed by atoms with Gasteiger partial charge in [-0.2, -0.15) is 4.98 Å². The Balaban J connectivity index is 1.77. The van der Waals surface area contributed by atoms with Gasteiger partial charge in [-0.1, -0.05) is 6.08 Å². The van der Waals surface area contributed by atoms with Gasteiger partial charge in [-0.25, -0.2) is 13.8 Å². The fraction of sp³-hybridized carbons (Fsp3) is 0.429. The Morgan fingerprint density at radius 1 is 1.17 bits per heavy atom. The number of nitrogens with one attached hydrogen (secondary N) is 2. The van der Waals surface area contributed by atoms with Crippen LogP contribution in [0, 0.1) is 18.6 Å². The topological polar surface area (TPSA) is 62.3 Å². The van der Waals surface area contributed by atoms with E-state index in [1.54, 1.807) is 20.0 Å². The third-order valence-electron chi connectivity index (χ3n) is 5.37. The second-order valence-corrected chi connectivity index (χ2v) is 7.47. The van der Waals surface area contributed by atoms with Crippen molar-refractivity contribution in [1.82, 2.24) is 14.9 Å². The average Bonchev–Trinajstić information content (AvgIpc) is 3.05. The zero-order valence-corrected chi connectivity index (χ0v) is 16.9. The van der Waals surface area contributed by atoms with Gasteiger partial charge in [-0.3, -0.25) is 0 Å². The van der Waals surface area contributed by atoms with Crippen molar-refractivity contribution in [1.29, 1.82) is 0 Å². The summed E-state index contributed by atoms with van der Waals surface area (Å²) in [5.41, 5.74) is 2.89. The van der Waals surface area contributed by atoms with E-state index in [-0.39, 0.29) is 23.1 Å². The summed E-state index contributed by atoms with van der Waals surface area (Å²) in [5.74, 6) is -0.0607. The largest absolute Gasteiger partial charge is 0.492 e. The van der Waals surface area contributed by atoms with Crippen molar-refractivity contribution in [2.24, 2.45) is 0 Å². The van der Waals surface area contributed by atoms with Gasteiger partial charge in [0.15, 0.2) is 17.5 Å². The summed E-state index contributed by atoms with van der Waals surface area (Å²) in [5, 5.41) is 5.65. The lowest BCUT2D eigenvalue weighted by atomic mass is 9.96. The van der Waals surface area contributed by atoms with Gasteiger partial charge in [0.1, 0.15) is 5.75 Å². The van der Waals surface area contributed by atoms with Crippen LogP contribution >= 0.6 is 0 Å². The lowest BCUT2D eigenvalue weighted by Gasteiger charge is -2.16. The zero-order chi connectivity index (χ0) is 20.5. The third kappa shape index (κ3) is 3.76. The minimum atomic E-state index is -0.519. The molecular formula is C21H25F2N5O. The minimum Gasteiger partial charge on any atom is -0.492 e. The molecule has 0 atom stereocenters. The van der Waals surface area contributed by atoms with Gasteiger partial charge in [0.25, 0.3) is 0 Å². The van der Waals surface area contributed by atoms with E-state index in [1.165, 1.54) is 0 Å². The van der Waals surface area contributed by atoms with Gasteiger partial charge in [0.05, 0.1) is 23.6 Å². The van der Waals surface area contributed by atoms with E-state index in [2.05, 4.69) is 38.6 Å². The molecule has 0 saturated carbocycles. The first kappa shape index (κ1) is 19.6. The Bertz CT molecular complexity index is 976. The number of hydrogen-bond donors (Lipinski definition) is 2. The summed E-state index contributed by atoms with van der Waals surface area (Å²) in [6, 6.07) is 1.74. The molecule has 0 aliphatic carbocycles. The highest BCUT2D eigenvalue weighted by atomic mass is 19.1. The highest BCUT2D eigenvalue weighted by Crippen LogP contribution is 2.42. The SMILES string of the molecule is CNc1nc(Nc2cc3c(c(C4=CCN(C)CCC4)c2F)OCC3)nc(C)c1F. The lowest BCUT2D eigenvalue weighted by Crippen LogP contribution is -2.17. The molecule has 0 bridgehead atoms. The number of ether oxygens (including phenoxy) is 1. The summed E-state index contributed by atoms with van der Waals surface area (Å²) in [7, 11) is 3.64. The molecule has 1 aromatic heterocycles. The number of aryl methyl sites for hydroxylation is 1. The fourth-order valence-electron chi connectivity index (χ4n) is 3.82. The van der Waals surface area contributed by atoms with Crippen LogP contribution in [0.5, 0.6) is 5.75 Å². The van der Waals surface area contributed by atoms with Gasteiger partial charge in [0.2, 0.25) is 5.95 Å². The number of hydrogen-bond acceptors (Lipinski definition) is 6. The molecule has 6 nitrogen and oxygen atoms in total. The van der Waals surface area contributed by atoms with Gasteiger partial charge >= 0.3 is 0 Å². The number of allylic oxidation sites excluding steroid dienone is 1. The molecular weight excluding hydrogens is 376 g/mol. The van der Waals surface area contributed by atoms with E-state index in [9.17, 15) is 4.39 Å². The highest BCUT2D eigenvalue weighted by Gasteiger charge is 2.27. The van der Waals surface area contributed by atoms with Crippen LogP contribution in [0.2, 0.25) is 0 Å². The van der Waals surface area contributed by atoms with Crippen molar-refractivity contribution >= 4 is 23.0 Å². The summed E-state index contributed by atoms with van der Waals surface area (Å²) < 4.78 is 35.5. The van der Waals surface area contributed by atoms with Gasteiger partial charge in [0, 0.05) is 25.6 Å². The number of halogens is 2. The molecule has 1 aromatic carbocycles. The van der Waals surface area contributed by atoms with E-state index in [0.29, 0.717) is 17.9 Å². The quantitative estimate of drug-likeness (QED) is 0.811. The van der Waals surface area contributed by atoms with Crippen molar-refractivity contribution in [3.8, 4) is 5.75 Å². The molecule has 8 heteroatoms. The van der Waals surface area contributed by atoms with Crippen LogP contribution in [0.1, 0.15) is 29.7 Å². The van der Waals surface area contributed by atoms with E-state index in [1.807, 2.05) is 0 Å². The van der Waals surface area contributed by atoms with E-state index in [0.717, 1.165) is 43.5 Å². The highest BCUT2D eigenvalue weighted by molar-refractivity contribution is 5.78. The summed E-state index contributed by atoms with van der Waals surface area (Å²) in [6.45, 7) is 3.83. The maximum atomic E-state index is 15.6. The summed E-state index contributed by atoms with van der Waals surface area (Å²) in [4.78, 5) is 10.5. The number of nitrogens with zero attached hydrogens (tertiary/aromatic N) is 3. The van der Waals surface area contributed by atoms with Crippen LogP contribution in [0.25, 0.3) is 5.57 Å². The Hall–Kier alpha value is -2.74. The number of aromatic nitrogens is 2. The zero-order valence-electron chi connectivity index (χ0n) is 16.9. The van der Waals surface area contributed by atoms with Crippen LogP contribution in [0.4, 0.5) is 26.2 Å². The van der Waals surface area contributed by atoms with Crippen molar-refractivity contribution in [2.45, 2.75) is 26.2 Å². The third-order valence-corrected chi connectivity index (χ3v) is 5.37. The van der Waals surface area contributed by atoms with Gasteiger partial charge < -0.3 is 20.3 Å². The second-order valence-electron chi connectivity index (χ2n) is 7.47. The molecule has 2 N–H and O–H groups in total. The number of anilines is 3. The number of fused-ring (bicyclic) bond motifs is 1. The van der Waals surface area contributed by atoms with Crippen molar-refractivity contribution in [3.63, 3.8) is 0 Å². The average molecular weight is 401 g/mol. The molecule has 0 amide bonds. The molecule has 0 spiro atoms. The lowest BCUT2D eigenvalue weighted by molar-refractivity contribution is 0.354. The molecule has 0 saturated heterocycles. The second kappa shape index (κ2) is 7.94. The predicted octanol–water partition coefficient (Wildman–Crippen LogP) is 3.89. The summed E-state index contributed by atoms with van der Waals surface area (Å²) >= 11 is 0. The van der Waals surface area contributed by atoms with Gasteiger partial charge in [-0.05, 0) is 45.0 Å². The predicted molar refractivity (Wildman–Crippen MR) is 110 cm³/mol. The van der Waals surface area contributed by atoms with Crippen molar-refractivity contribution in [2.75, 3.05) is 44.4 Å². The van der Waals surface area contributed by atoms with Crippen LogP contribution in [-0.4, -0.2) is 48.7 Å². The Morgan fingerprint density at radius 3 is 2.79 bits per heavy atom. The Labute approximate surface area is 169 Å². The van der Waals surface area contributed by atoms with Crippen LogP contribution in [0.3, 0.4) is 0 Å². The normalized spacial score (nSPS) is 16.7. The maximum absolute atomic E-state index is 15.6. The Morgan fingerprint density at radius 2 is 2.00 bits per heavy atom. The number of benzene rings is 1. The van der Waals surface area contributed by atoms with Crippen molar-refractivity contribution < 1.29 is 13.5 Å². The van der Waals surface area contributed by atoms with Crippen LogP contribution in [-0.2, 0) is 6.42 Å². The molecule has 3 heterocycles. The molecule has 4 rings (SSSR count). The van der Waals surface area contributed by atoms with Crippen LogP contribution in [0.15, 0.2) is 12.1 Å². The molecule has 2 aliphatic rings. The standard InChI is InChI=1S/C21H25F2N5O/c1-12-17(22)20(24-2)27-21(25-12)26-15-11-14-7-10-29-19(14)16(18(15)23)13-5-4-8-28(3)9-6-13/h6,11H,4-5,7-10H2,1-3H3,(H2,24,25,26,27). The molecule has 0 fully saturated rings. The van der Waals surface area contributed by atoms with E-state index < -0.39 is 11.6 Å². The maximum Gasteiger partial charge on any atom is 0.229 e. The molecule has 29 heavy (non-hydrogen) atoms. The molecule has 154 valence electrons. The van der Waals surface area contributed by atoms with Crippen LogP contribution < -0.4 is 15.4 Å². The molecule has 2 aromatic rings. The van der Waals surface area contributed by atoms with Crippen molar-refractivity contribution in [3.05, 3.63) is 40.6 Å². The first-order chi connectivity index (χ1) is 14.0. The summed E-state index contributed by atoms with van der Waals surface area (Å²) in [6.07, 6.45) is 4.54. The molecule has 0 unspecified atom stereocenters. The first-order valence-electron chi connectivity index (χ1n) is 9.83. The van der Waals surface area contributed by atoms with E-state index in [4.69, 9.17) is 4.74 Å². The first-order valence-corrected chi connectivity index (χ1v) is 9.83.